The van der Waals surface area contributed by atoms with E-state index in [0.717, 1.165) is 23.1 Å². The van der Waals surface area contributed by atoms with E-state index in [2.05, 4.69) is 31.8 Å². The van der Waals surface area contributed by atoms with Crippen LogP contribution in [0.5, 0.6) is 0 Å². The molecule has 0 N–H and O–H groups in total. The molecule has 3 atom stereocenters. The fourth-order valence-corrected chi connectivity index (χ4v) is 4.99. The first-order chi connectivity index (χ1) is 9.06. The van der Waals surface area contributed by atoms with E-state index in [1.807, 2.05) is 23.3 Å². The molecule has 2 nitrogen and oxygen atoms in total. The summed E-state index contributed by atoms with van der Waals surface area (Å²) < 4.78 is 1.11. The van der Waals surface area contributed by atoms with Crippen LogP contribution < -0.4 is 0 Å². The maximum atomic E-state index is 9.36. The molecule has 0 aromatic carbocycles. The molecule has 104 valence electrons. The summed E-state index contributed by atoms with van der Waals surface area (Å²) in [6.07, 6.45) is 6.47. The minimum absolute atomic E-state index is 0.192. The number of nitriles is 1. The van der Waals surface area contributed by atoms with E-state index < -0.39 is 0 Å². The quantitative estimate of drug-likeness (QED) is 0.785. The molecule has 2 rings (SSSR count). The van der Waals surface area contributed by atoms with Gasteiger partial charge in [-0.05, 0) is 30.6 Å². The molecule has 0 radical (unpaired) electrons. The molecular weight excluding hydrogens is 272 g/mol. The van der Waals surface area contributed by atoms with Crippen LogP contribution in [0.15, 0.2) is 15.9 Å². The van der Waals surface area contributed by atoms with Crippen molar-refractivity contribution in [2.45, 2.75) is 56.0 Å². The molecule has 0 aliphatic heterocycles. The summed E-state index contributed by atoms with van der Waals surface area (Å²) in [4.78, 5) is 4.36. The Hall–Kier alpha value is -0.530. The topological polar surface area (TPSA) is 36.7 Å². The van der Waals surface area contributed by atoms with Crippen LogP contribution in [0, 0.1) is 28.6 Å². The van der Waals surface area contributed by atoms with Gasteiger partial charge in [-0.2, -0.15) is 5.26 Å². The van der Waals surface area contributed by atoms with Gasteiger partial charge in [0.25, 0.3) is 0 Å². The first-order valence-electron chi connectivity index (χ1n) is 7.02. The molecule has 1 heterocycles. The van der Waals surface area contributed by atoms with Crippen molar-refractivity contribution in [2.75, 3.05) is 0 Å². The number of rotatable bonds is 4. The second-order valence-corrected chi connectivity index (χ2v) is 8.42. The predicted octanol–water partition coefficient (Wildman–Crippen LogP) is 4.98. The summed E-state index contributed by atoms with van der Waals surface area (Å²) in [7, 11) is 0. The fourth-order valence-electron chi connectivity index (χ4n) is 2.80. The highest BCUT2D eigenvalue weighted by Gasteiger charge is 2.38. The van der Waals surface area contributed by atoms with E-state index in [1.165, 1.54) is 12.8 Å². The van der Waals surface area contributed by atoms with Crippen LogP contribution in [-0.4, -0.2) is 10.2 Å². The number of thioether (sulfide) groups is 1. The zero-order valence-corrected chi connectivity index (χ0v) is 13.6. The van der Waals surface area contributed by atoms with E-state index in [4.69, 9.17) is 0 Å². The van der Waals surface area contributed by atoms with E-state index >= 15 is 0 Å². The maximum absolute atomic E-state index is 9.36. The van der Waals surface area contributed by atoms with Crippen molar-refractivity contribution in [3.63, 3.8) is 0 Å². The van der Waals surface area contributed by atoms with E-state index in [-0.39, 0.29) is 5.92 Å². The third-order valence-corrected chi connectivity index (χ3v) is 6.91. The van der Waals surface area contributed by atoms with Crippen LogP contribution in [0.25, 0.3) is 0 Å². The van der Waals surface area contributed by atoms with Gasteiger partial charge in [-0.3, -0.25) is 0 Å². The van der Waals surface area contributed by atoms with Crippen molar-refractivity contribution in [2.24, 2.45) is 17.3 Å². The lowest BCUT2D eigenvalue weighted by molar-refractivity contribution is 0.144. The average molecular weight is 294 g/mol. The molecule has 1 fully saturated rings. The van der Waals surface area contributed by atoms with Gasteiger partial charge in [0.2, 0.25) is 0 Å². The molecule has 4 heteroatoms. The van der Waals surface area contributed by atoms with Crippen LogP contribution in [0.2, 0.25) is 0 Å². The van der Waals surface area contributed by atoms with Crippen LogP contribution in [-0.2, 0) is 0 Å². The highest BCUT2D eigenvalue weighted by Crippen LogP contribution is 2.47. The average Bonchev–Trinajstić information content (AvgIpc) is 2.91. The van der Waals surface area contributed by atoms with Gasteiger partial charge in [0.05, 0.1) is 12.0 Å². The molecular formula is C15H22N2S2. The van der Waals surface area contributed by atoms with Crippen molar-refractivity contribution in [1.29, 1.82) is 5.26 Å². The summed E-state index contributed by atoms with van der Waals surface area (Å²) in [5.41, 5.74) is 0.391. The predicted molar refractivity (Wildman–Crippen MR) is 82.3 cm³/mol. The summed E-state index contributed by atoms with van der Waals surface area (Å²) in [5.74, 6) is 0.928. The van der Waals surface area contributed by atoms with Gasteiger partial charge in [-0.15, -0.1) is 11.3 Å². The summed E-state index contributed by atoms with van der Waals surface area (Å²) in [6.45, 7) is 7.02. The third-order valence-electron chi connectivity index (χ3n) is 4.64. The van der Waals surface area contributed by atoms with Crippen LogP contribution in [0.1, 0.15) is 46.5 Å². The van der Waals surface area contributed by atoms with Crippen LogP contribution in [0.3, 0.4) is 0 Å². The third kappa shape index (κ3) is 3.52. The van der Waals surface area contributed by atoms with Crippen molar-refractivity contribution < 1.29 is 0 Å². The Bertz CT molecular complexity index is 433. The molecule has 0 saturated heterocycles. The summed E-state index contributed by atoms with van der Waals surface area (Å²) in [6, 6.07) is 2.51. The number of hydrogen-bond acceptors (Lipinski definition) is 4. The lowest BCUT2D eigenvalue weighted by Gasteiger charge is -2.40. The number of hydrogen-bond donors (Lipinski definition) is 0. The van der Waals surface area contributed by atoms with Crippen molar-refractivity contribution >= 4 is 23.1 Å². The molecule has 1 aliphatic rings. The zero-order valence-electron chi connectivity index (χ0n) is 11.9. The summed E-state index contributed by atoms with van der Waals surface area (Å²) >= 11 is 3.51. The number of nitrogens with zero attached hydrogens (tertiary/aromatic N) is 2. The van der Waals surface area contributed by atoms with Gasteiger partial charge >= 0.3 is 0 Å². The van der Waals surface area contributed by atoms with Crippen molar-refractivity contribution in [1.82, 2.24) is 4.98 Å². The Morgan fingerprint density at radius 1 is 1.53 bits per heavy atom. The maximum Gasteiger partial charge on any atom is 0.150 e. The Morgan fingerprint density at radius 3 is 2.89 bits per heavy atom. The highest BCUT2D eigenvalue weighted by atomic mass is 32.2. The standard InChI is InChI=1S/C15H22N2S2/c1-4-15(2,3)12-6-5-11(10-16)13(9-12)19-14-17-7-8-18-14/h7-8,11-13H,4-6,9H2,1-3H3. The largest absolute Gasteiger partial charge is 0.238 e. The molecule has 0 spiro atoms. The smallest absolute Gasteiger partial charge is 0.150 e. The second-order valence-electron chi connectivity index (χ2n) is 6.04. The van der Waals surface area contributed by atoms with Gasteiger partial charge in [-0.1, -0.05) is 39.0 Å². The number of aromatic nitrogens is 1. The molecule has 1 aromatic heterocycles. The van der Waals surface area contributed by atoms with Crippen LogP contribution >= 0.6 is 23.1 Å². The first-order valence-corrected chi connectivity index (χ1v) is 8.78. The van der Waals surface area contributed by atoms with E-state index in [9.17, 15) is 5.26 Å². The van der Waals surface area contributed by atoms with E-state index in [0.29, 0.717) is 10.7 Å². The van der Waals surface area contributed by atoms with Gasteiger partial charge in [0.1, 0.15) is 4.34 Å². The zero-order chi connectivity index (χ0) is 13.9. The molecule has 0 amide bonds. The minimum Gasteiger partial charge on any atom is -0.238 e. The Labute approximate surface area is 124 Å². The molecule has 1 saturated carbocycles. The van der Waals surface area contributed by atoms with Gasteiger partial charge in [0.15, 0.2) is 0 Å². The summed E-state index contributed by atoms with van der Waals surface area (Å²) in [5, 5.41) is 11.8. The van der Waals surface area contributed by atoms with Gasteiger partial charge in [0, 0.05) is 16.8 Å². The molecule has 1 aliphatic carbocycles. The SMILES string of the molecule is CCC(C)(C)C1CCC(C#N)C(Sc2nccs2)C1. The van der Waals surface area contributed by atoms with Crippen molar-refractivity contribution in [3.8, 4) is 6.07 Å². The highest BCUT2D eigenvalue weighted by molar-refractivity contribution is 8.01. The van der Waals surface area contributed by atoms with E-state index in [1.54, 1.807) is 11.3 Å². The monoisotopic (exact) mass is 294 g/mol. The lowest BCUT2D eigenvalue weighted by Crippen LogP contribution is -2.34. The first kappa shape index (κ1) is 14.9. The minimum atomic E-state index is 0.192. The normalized spacial score (nSPS) is 28.0. The Morgan fingerprint density at radius 2 is 2.32 bits per heavy atom. The van der Waals surface area contributed by atoms with Gasteiger partial charge in [-0.25, -0.2) is 4.98 Å². The molecule has 3 unspecified atom stereocenters. The second kappa shape index (κ2) is 6.28. The molecule has 1 aromatic rings. The van der Waals surface area contributed by atoms with Crippen molar-refractivity contribution in [3.05, 3.63) is 11.6 Å². The molecule has 19 heavy (non-hydrogen) atoms. The number of thiazole rings is 1. The Kier molecular flexibility index (Phi) is 4.92. The lowest BCUT2D eigenvalue weighted by atomic mass is 9.67. The van der Waals surface area contributed by atoms with Gasteiger partial charge < -0.3 is 0 Å². The Balaban J connectivity index is 2.07. The fraction of sp³-hybridized carbons (Fsp3) is 0.733. The van der Waals surface area contributed by atoms with Crippen LogP contribution in [0.4, 0.5) is 0 Å². The molecule has 0 bridgehead atoms.